The highest BCUT2D eigenvalue weighted by atomic mass is 32.1. The lowest BCUT2D eigenvalue weighted by atomic mass is 10.0. The van der Waals surface area contributed by atoms with Crippen LogP contribution in [-0.2, 0) is 9.53 Å². The number of carbonyl (C=O) groups excluding carboxylic acids is 2. The largest absolute Gasteiger partial charge is 0.493 e. The molecule has 0 saturated heterocycles. The Kier molecular flexibility index (Phi) is 7.62. The zero-order valence-corrected chi connectivity index (χ0v) is 18.6. The zero-order valence-electron chi connectivity index (χ0n) is 17.8. The molecule has 0 aliphatic heterocycles. The van der Waals surface area contributed by atoms with Crippen LogP contribution in [0.15, 0.2) is 60.0 Å². The number of esters is 1. The fourth-order valence-electron chi connectivity index (χ4n) is 3.03. The Morgan fingerprint density at radius 1 is 1.03 bits per heavy atom. The van der Waals surface area contributed by atoms with Crippen LogP contribution in [0, 0.1) is 6.92 Å². The predicted octanol–water partition coefficient (Wildman–Crippen LogP) is 5.95. The number of anilines is 1. The Balaban J connectivity index is 1.86. The third-order valence-electron chi connectivity index (χ3n) is 4.50. The average molecular weight is 436 g/mol. The van der Waals surface area contributed by atoms with E-state index in [1.54, 1.807) is 13.0 Å². The van der Waals surface area contributed by atoms with Crippen LogP contribution >= 0.6 is 11.3 Å². The quantitative estimate of drug-likeness (QED) is 0.351. The van der Waals surface area contributed by atoms with Crippen LogP contribution < -0.4 is 10.1 Å². The van der Waals surface area contributed by atoms with E-state index >= 15 is 0 Å². The van der Waals surface area contributed by atoms with E-state index in [-0.39, 0.29) is 12.5 Å². The minimum absolute atomic E-state index is 0.253. The van der Waals surface area contributed by atoms with Crippen molar-refractivity contribution in [2.45, 2.75) is 20.8 Å². The van der Waals surface area contributed by atoms with Gasteiger partial charge in [-0.2, -0.15) is 0 Å². The molecular formula is C25H25NO4S. The first-order valence-corrected chi connectivity index (χ1v) is 11.0. The first kappa shape index (κ1) is 22.3. The summed E-state index contributed by atoms with van der Waals surface area (Å²) < 4.78 is 10.8. The van der Waals surface area contributed by atoms with Gasteiger partial charge in [-0.15, -0.1) is 11.3 Å². The standard InChI is InChI=1S/C25H25NO4S/c1-4-29-21-9-7-6-8-19(21)14-15-22(27)26-24-23(25(28)30-5-2)20(16-31-24)18-12-10-17(3)11-13-18/h6-16H,4-5H2,1-3H3,(H,26,27)/b15-14+. The van der Waals surface area contributed by atoms with E-state index in [0.29, 0.717) is 22.9 Å². The Morgan fingerprint density at radius 2 is 1.77 bits per heavy atom. The molecule has 1 heterocycles. The minimum atomic E-state index is -0.458. The van der Waals surface area contributed by atoms with Crippen LogP contribution in [-0.4, -0.2) is 25.1 Å². The van der Waals surface area contributed by atoms with Gasteiger partial charge in [0.05, 0.1) is 13.2 Å². The monoisotopic (exact) mass is 435 g/mol. The molecule has 31 heavy (non-hydrogen) atoms. The summed E-state index contributed by atoms with van der Waals surface area (Å²) in [7, 11) is 0. The lowest BCUT2D eigenvalue weighted by Crippen LogP contribution is -2.12. The molecule has 0 radical (unpaired) electrons. The molecule has 0 fully saturated rings. The lowest BCUT2D eigenvalue weighted by molar-refractivity contribution is -0.111. The normalized spacial score (nSPS) is 10.8. The third-order valence-corrected chi connectivity index (χ3v) is 5.40. The van der Waals surface area contributed by atoms with Gasteiger partial charge in [0.15, 0.2) is 0 Å². The minimum Gasteiger partial charge on any atom is -0.493 e. The molecule has 6 heteroatoms. The summed E-state index contributed by atoms with van der Waals surface area (Å²) in [6, 6.07) is 15.4. The molecular weight excluding hydrogens is 410 g/mol. The van der Waals surface area contributed by atoms with Crippen molar-refractivity contribution >= 4 is 34.3 Å². The van der Waals surface area contributed by atoms with Crippen LogP contribution in [0.25, 0.3) is 17.2 Å². The SMILES string of the molecule is CCOC(=O)c1c(-c2ccc(C)cc2)csc1NC(=O)/C=C/c1ccccc1OCC. The number of benzene rings is 2. The van der Waals surface area contributed by atoms with Crippen molar-refractivity contribution in [3.05, 3.63) is 76.7 Å². The van der Waals surface area contributed by atoms with Crippen molar-refractivity contribution in [2.24, 2.45) is 0 Å². The van der Waals surface area contributed by atoms with Crippen LogP contribution in [0.2, 0.25) is 0 Å². The van der Waals surface area contributed by atoms with Crippen LogP contribution in [0.5, 0.6) is 5.75 Å². The van der Waals surface area contributed by atoms with Crippen LogP contribution in [0.3, 0.4) is 0 Å². The van der Waals surface area contributed by atoms with Gasteiger partial charge in [-0.25, -0.2) is 4.79 Å². The molecule has 1 N–H and O–H groups in total. The number of amides is 1. The maximum absolute atomic E-state index is 12.7. The Bertz CT molecular complexity index is 1080. The van der Waals surface area contributed by atoms with E-state index in [0.717, 1.165) is 22.3 Å². The molecule has 1 aromatic heterocycles. The molecule has 0 aliphatic carbocycles. The molecule has 0 saturated carbocycles. The molecule has 0 atom stereocenters. The Labute approximate surface area is 186 Å². The van der Waals surface area contributed by atoms with Gasteiger partial charge in [0.25, 0.3) is 0 Å². The van der Waals surface area contributed by atoms with Gasteiger partial charge in [0.2, 0.25) is 5.91 Å². The highest BCUT2D eigenvalue weighted by molar-refractivity contribution is 7.15. The fraction of sp³-hybridized carbons (Fsp3) is 0.200. The second kappa shape index (κ2) is 10.6. The number of ether oxygens (including phenoxy) is 2. The van der Waals surface area contributed by atoms with Crippen LogP contribution in [0.1, 0.15) is 35.3 Å². The number of hydrogen-bond acceptors (Lipinski definition) is 5. The number of hydrogen-bond donors (Lipinski definition) is 1. The molecule has 2 aromatic carbocycles. The summed E-state index contributed by atoms with van der Waals surface area (Å²) in [5.41, 5.74) is 3.93. The van der Waals surface area contributed by atoms with E-state index in [1.807, 2.05) is 67.8 Å². The van der Waals surface area contributed by atoms with Crippen molar-refractivity contribution < 1.29 is 19.1 Å². The van der Waals surface area contributed by atoms with E-state index in [4.69, 9.17) is 9.47 Å². The van der Waals surface area contributed by atoms with Crippen molar-refractivity contribution in [3.8, 4) is 16.9 Å². The van der Waals surface area contributed by atoms with Gasteiger partial charge in [-0.05, 0) is 38.5 Å². The molecule has 0 aliphatic rings. The van der Waals surface area contributed by atoms with Gasteiger partial charge in [0.1, 0.15) is 16.3 Å². The number of nitrogens with one attached hydrogen (secondary N) is 1. The summed E-state index contributed by atoms with van der Waals surface area (Å²) >= 11 is 1.30. The first-order chi connectivity index (χ1) is 15.0. The number of carbonyl (C=O) groups is 2. The number of rotatable bonds is 8. The average Bonchev–Trinajstić information content (AvgIpc) is 3.17. The zero-order chi connectivity index (χ0) is 22.2. The number of aryl methyl sites for hydroxylation is 1. The smallest absolute Gasteiger partial charge is 0.341 e. The van der Waals surface area contributed by atoms with Gasteiger partial charge in [-0.3, -0.25) is 4.79 Å². The van der Waals surface area contributed by atoms with Gasteiger partial charge in [0, 0.05) is 22.6 Å². The van der Waals surface area contributed by atoms with E-state index in [2.05, 4.69) is 5.32 Å². The predicted molar refractivity (Wildman–Crippen MR) is 126 cm³/mol. The van der Waals surface area contributed by atoms with E-state index in [9.17, 15) is 9.59 Å². The van der Waals surface area contributed by atoms with Crippen molar-refractivity contribution in [3.63, 3.8) is 0 Å². The molecule has 0 unspecified atom stereocenters. The lowest BCUT2D eigenvalue weighted by Gasteiger charge is -2.08. The molecule has 0 spiro atoms. The molecule has 3 rings (SSSR count). The highest BCUT2D eigenvalue weighted by Crippen LogP contribution is 2.36. The molecule has 160 valence electrons. The first-order valence-electron chi connectivity index (χ1n) is 10.1. The maximum atomic E-state index is 12.7. The second-order valence-electron chi connectivity index (χ2n) is 6.73. The summed E-state index contributed by atoms with van der Waals surface area (Å²) in [6.07, 6.45) is 3.12. The maximum Gasteiger partial charge on any atom is 0.341 e. The summed E-state index contributed by atoms with van der Waals surface area (Å²) in [6.45, 7) is 6.46. The van der Waals surface area contributed by atoms with Gasteiger partial charge in [-0.1, -0.05) is 48.0 Å². The fourth-order valence-corrected chi connectivity index (χ4v) is 3.99. The third kappa shape index (κ3) is 5.61. The molecule has 5 nitrogen and oxygen atoms in total. The highest BCUT2D eigenvalue weighted by Gasteiger charge is 2.22. The molecule has 3 aromatic rings. The summed E-state index contributed by atoms with van der Waals surface area (Å²) in [5, 5.41) is 5.15. The number of para-hydroxylation sites is 1. The van der Waals surface area contributed by atoms with Gasteiger partial charge >= 0.3 is 5.97 Å². The van der Waals surface area contributed by atoms with Crippen molar-refractivity contribution in [2.75, 3.05) is 18.5 Å². The Morgan fingerprint density at radius 3 is 2.48 bits per heavy atom. The topological polar surface area (TPSA) is 64.6 Å². The summed E-state index contributed by atoms with van der Waals surface area (Å²) in [5.74, 6) is -0.0894. The van der Waals surface area contributed by atoms with E-state index < -0.39 is 5.97 Å². The van der Waals surface area contributed by atoms with Crippen molar-refractivity contribution in [1.82, 2.24) is 0 Å². The summed E-state index contributed by atoms with van der Waals surface area (Å²) in [4.78, 5) is 25.3. The Hall–Kier alpha value is -3.38. The molecule has 0 bridgehead atoms. The second-order valence-corrected chi connectivity index (χ2v) is 7.61. The molecule has 1 amide bonds. The van der Waals surface area contributed by atoms with Crippen LogP contribution in [0.4, 0.5) is 5.00 Å². The van der Waals surface area contributed by atoms with Gasteiger partial charge < -0.3 is 14.8 Å². The number of thiophene rings is 1. The van der Waals surface area contributed by atoms with Crippen molar-refractivity contribution in [1.29, 1.82) is 0 Å². The van der Waals surface area contributed by atoms with E-state index in [1.165, 1.54) is 17.4 Å².